The van der Waals surface area contributed by atoms with E-state index in [2.05, 4.69) is 10.4 Å². The van der Waals surface area contributed by atoms with Crippen LogP contribution in [0, 0.1) is 6.92 Å². The van der Waals surface area contributed by atoms with E-state index < -0.39 is 16.1 Å². The first-order chi connectivity index (χ1) is 14.3. The Balaban J connectivity index is 1.75. The van der Waals surface area contributed by atoms with Crippen LogP contribution in [-0.4, -0.2) is 24.5 Å². The summed E-state index contributed by atoms with van der Waals surface area (Å²) in [5, 5.41) is 7.21. The van der Waals surface area contributed by atoms with Gasteiger partial charge in [-0.25, -0.2) is 0 Å². The number of carbonyl (C=O) groups is 1. The summed E-state index contributed by atoms with van der Waals surface area (Å²) in [7, 11) is -3.88. The number of furan rings is 1. The average Bonchev–Trinajstić information content (AvgIpc) is 3.38. The van der Waals surface area contributed by atoms with Crippen LogP contribution < -0.4 is 5.32 Å². The van der Waals surface area contributed by atoms with Gasteiger partial charge in [-0.2, -0.15) is 17.9 Å². The number of nitrogens with zero attached hydrogens (tertiary/aromatic N) is 2. The number of carbonyl (C=O) groups excluding carboxylic acids is 1. The maximum Gasteiger partial charge on any atom is 0.279 e. The Morgan fingerprint density at radius 1 is 1.13 bits per heavy atom. The number of rotatable bonds is 5. The predicted molar refractivity (Wildman–Crippen MR) is 114 cm³/mol. The van der Waals surface area contributed by atoms with Crippen LogP contribution in [0.5, 0.6) is 0 Å². The zero-order chi connectivity index (χ0) is 21.3. The zero-order valence-electron chi connectivity index (χ0n) is 16.6. The Morgan fingerprint density at radius 2 is 1.90 bits per heavy atom. The second kappa shape index (κ2) is 7.79. The molecule has 1 aliphatic heterocycles. The maximum atomic E-state index is 13.4. The summed E-state index contributed by atoms with van der Waals surface area (Å²) in [5.74, 6) is 0.333. The molecule has 0 aliphatic carbocycles. The molecule has 30 heavy (non-hydrogen) atoms. The topological polar surface area (TPSA) is 92.0 Å². The lowest BCUT2D eigenvalue weighted by atomic mass is 10.0. The monoisotopic (exact) mass is 423 g/mol. The summed E-state index contributed by atoms with van der Waals surface area (Å²) in [6, 6.07) is 16.7. The molecule has 1 aromatic heterocycles. The first kappa shape index (κ1) is 19.9. The number of hydrazone groups is 1. The minimum absolute atomic E-state index is 0.168. The van der Waals surface area contributed by atoms with Crippen molar-refractivity contribution in [2.75, 3.05) is 5.32 Å². The molecule has 4 rings (SSSR count). The molecular weight excluding hydrogens is 402 g/mol. The Kier molecular flexibility index (Phi) is 5.17. The van der Waals surface area contributed by atoms with Crippen LogP contribution in [0.3, 0.4) is 0 Å². The third-order valence-corrected chi connectivity index (χ3v) is 6.52. The number of hydrogen-bond donors (Lipinski definition) is 1. The van der Waals surface area contributed by atoms with Crippen molar-refractivity contribution in [3.05, 3.63) is 83.8 Å². The van der Waals surface area contributed by atoms with Crippen molar-refractivity contribution in [1.29, 1.82) is 0 Å². The molecule has 1 aliphatic rings. The van der Waals surface area contributed by atoms with E-state index in [0.717, 1.165) is 15.5 Å². The molecule has 8 heteroatoms. The fourth-order valence-corrected chi connectivity index (χ4v) is 4.79. The van der Waals surface area contributed by atoms with Gasteiger partial charge in [-0.3, -0.25) is 4.79 Å². The van der Waals surface area contributed by atoms with Gasteiger partial charge in [0.2, 0.25) is 5.91 Å². The van der Waals surface area contributed by atoms with Crippen LogP contribution in [0.1, 0.15) is 36.3 Å². The Morgan fingerprint density at radius 3 is 2.57 bits per heavy atom. The second-order valence-corrected chi connectivity index (χ2v) is 8.93. The number of anilines is 1. The number of hydrogen-bond acceptors (Lipinski definition) is 5. The first-order valence-corrected chi connectivity index (χ1v) is 10.9. The van der Waals surface area contributed by atoms with Crippen molar-refractivity contribution in [2.24, 2.45) is 5.10 Å². The van der Waals surface area contributed by atoms with Crippen molar-refractivity contribution in [3.63, 3.8) is 0 Å². The van der Waals surface area contributed by atoms with Crippen molar-refractivity contribution >= 4 is 27.3 Å². The summed E-state index contributed by atoms with van der Waals surface area (Å²) >= 11 is 0. The van der Waals surface area contributed by atoms with E-state index in [9.17, 15) is 13.2 Å². The van der Waals surface area contributed by atoms with Crippen LogP contribution in [0.25, 0.3) is 0 Å². The molecule has 1 atom stereocenters. The third-order valence-electron chi connectivity index (χ3n) is 4.83. The van der Waals surface area contributed by atoms with E-state index in [1.54, 1.807) is 54.6 Å². The molecule has 2 aromatic carbocycles. The highest BCUT2D eigenvalue weighted by molar-refractivity contribution is 7.89. The normalized spacial score (nSPS) is 16.4. The Labute approximate surface area is 175 Å². The fraction of sp³-hybridized carbons (Fsp3) is 0.182. The zero-order valence-corrected chi connectivity index (χ0v) is 17.4. The van der Waals surface area contributed by atoms with E-state index in [4.69, 9.17) is 4.42 Å². The third kappa shape index (κ3) is 3.86. The molecule has 7 nitrogen and oxygen atoms in total. The predicted octanol–water partition coefficient (Wildman–Crippen LogP) is 4.09. The molecule has 0 saturated heterocycles. The minimum atomic E-state index is -3.88. The van der Waals surface area contributed by atoms with Crippen molar-refractivity contribution in [3.8, 4) is 0 Å². The molecule has 2 heterocycles. The number of sulfonamides is 1. The van der Waals surface area contributed by atoms with Crippen LogP contribution >= 0.6 is 0 Å². The summed E-state index contributed by atoms with van der Waals surface area (Å²) in [4.78, 5) is 11.5. The van der Waals surface area contributed by atoms with E-state index in [0.29, 0.717) is 23.6 Å². The van der Waals surface area contributed by atoms with Crippen LogP contribution in [-0.2, 0) is 14.8 Å². The quantitative estimate of drug-likeness (QED) is 0.669. The highest BCUT2D eigenvalue weighted by Crippen LogP contribution is 2.37. The lowest BCUT2D eigenvalue weighted by molar-refractivity contribution is -0.114. The minimum Gasteiger partial charge on any atom is -0.467 e. The highest BCUT2D eigenvalue weighted by Gasteiger charge is 2.39. The SMILES string of the molecule is CC(=O)Nc1cccc(C2=NN(S(=O)(=O)c3ccc(C)cc3)[C@H](c3ccco3)C2)c1. The Hall–Kier alpha value is -3.39. The first-order valence-electron chi connectivity index (χ1n) is 9.44. The largest absolute Gasteiger partial charge is 0.467 e. The van der Waals surface area contributed by atoms with E-state index in [1.165, 1.54) is 13.2 Å². The number of aryl methyl sites for hydroxylation is 1. The van der Waals surface area contributed by atoms with Gasteiger partial charge in [-0.1, -0.05) is 29.8 Å². The fourth-order valence-electron chi connectivity index (χ4n) is 3.38. The molecule has 0 spiro atoms. The number of benzene rings is 2. The molecule has 3 aromatic rings. The number of amides is 1. The van der Waals surface area contributed by atoms with Gasteiger partial charge in [-0.05, 0) is 48.9 Å². The van der Waals surface area contributed by atoms with Crippen molar-refractivity contribution in [1.82, 2.24) is 4.41 Å². The molecule has 0 saturated carbocycles. The molecule has 0 radical (unpaired) electrons. The smallest absolute Gasteiger partial charge is 0.279 e. The molecule has 1 N–H and O–H groups in total. The van der Waals surface area contributed by atoms with Crippen molar-refractivity contribution < 1.29 is 17.6 Å². The van der Waals surface area contributed by atoms with Gasteiger partial charge in [0, 0.05) is 19.0 Å². The second-order valence-electron chi connectivity index (χ2n) is 7.13. The molecule has 0 unspecified atom stereocenters. The molecule has 0 bridgehead atoms. The van der Waals surface area contributed by atoms with Gasteiger partial charge in [0.25, 0.3) is 10.0 Å². The lowest BCUT2D eigenvalue weighted by Gasteiger charge is -2.21. The highest BCUT2D eigenvalue weighted by atomic mass is 32.2. The maximum absolute atomic E-state index is 13.4. The van der Waals surface area contributed by atoms with Crippen molar-refractivity contribution in [2.45, 2.75) is 31.2 Å². The van der Waals surface area contributed by atoms with E-state index in [1.807, 2.05) is 13.0 Å². The van der Waals surface area contributed by atoms with Crippen LogP contribution in [0.15, 0.2) is 81.3 Å². The molecule has 1 amide bonds. The lowest BCUT2D eigenvalue weighted by Crippen LogP contribution is -2.27. The summed E-state index contributed by atoms with van der Waals surface area (Å²) in [6.07, 6.45) is 1.86. The summed E-state index contributed by atoms with van der Waals surface area (Å²) in [6.45, 7) is 3.33. The van der Waals surface area contributed by atoms with E-state index in [-0.39, 0.29) is 10.8 Å². The van der Waals surface area contributed by atoms with Gasteiger partial charge in [-0.15, -0.1) is 0 Å². The number of nitrogens with one attached hydrogen (secondary N) is 1. The van der Waals surface area contributed by atoms with Gasteiger partial charge in [0.1, 0.15) is 11.8 Å². The van der Waals surface area contributed by atoms with Gasteiger partial charge in [0.05, 0.1) is 16.9 Å². The average molecular weight is 423 g/mol. The molecule has 0 fully saturated rings. The summed E-state index contributed by atoms with van der Waals surface area (Å²) < 4.78 is 33.4. The van der Waals surface area contributed by atoms with Crippen LogP contribution in [0.4, 0.5) is 5.69 Å². The molecule has 154 valence electrons. The van der Waals surface area contributed by atoms with E-state index >= 15 is 0 Å². The summed E-state index contributed by atoms with van der Waals surface area (Å²) in [5.41, 5.74) is 2.92. The van der Waals surface area contributed by atoms with Gasteiger partial charge >= 0.3 is 0 Å². The molecular formula is C22H21N3O4S. The van der Waals surface area contributed by atoms with Gasteiger partial charge in [0.15, 0.2) is 0 Å². The Bertz CT molecular complexity index is 1200. The van der Waals surface area contributed by atoms with Gasteiger partial charge < -0.3 is 9.73 Å². The van der Waals surface area contributed by atoms with Crippen LogP contribution in [0.2, 0.25) is 0 Å². The standard InChI is InChI=1S/C22H21N3O4S/c1-15-8-10-19(11-9-15)30(27,28)25-21(22-7-4-12-29-22)14-20(24-25)17-5-3-6-18(13-17)23-16(2)26/h3-13,21H,14H2,1-2H3,(H,23,26)/t21-/m0/s1.